The number of benzene rings is 2. The van der Waals surface area contributed by atoms with Crippen LogP contribution in [0, 0.1) is 11.6 Å². The number of hydrogen-bond acceptors (Lipinski definition) is 9. The van der Waals surface area contributed by atoms with E-state index in [0.29, 0.717) is 59.3 Å². The summed E-state index contributed by atoms with van der Waals surface area (Å²) >= 11 is 6.55. The summed E-state index contributed by atoms with van der Waals surface area (Å²) in [5.74, 6) is -3.30. The van der Waals surface area contributed by atoms with Gasteiger partial charge < -0.3 is 19.9 Å². The average Bonchev–Trinajstić information content (AvgIpc) is 3.32. The molecule has 0 atom stereocenters. The lowest BCUT2D eigenvalue weighted by Crippen LogP contribution is -2.38. The van der Waals surface area contributed by atoms with Gasteiger partial charge in [0.2, 0.25) is 5.91 Å². The Labute approximate surface area is 273 Å². The van der Waals surface area contributed by atoms with E-state index in [2.05, 4.69) is 15.2 Å². The van der Waals surface area contributed by atoms with E-state index in [4.69, 9.17) is 26.8 Å². The van der Waals surface area contributed by atoms with Crippen LogP contribution < -0.4 is 10.1 Å². The summed E-state index contributed by atoms with van der Waals surface area (Å²) in [6.07, 6.45) is 2.97. The highest BCUT2D eigenvalue weighted by molar-refractivity contribution is 8.26. The topological polar surface area (TPSA) is 121 Å². The number of aromatic nitrogens is 1. The Balaban J connectivity index is 1.27. The third-order valence-electron chi connectivity index (χ3n) is 7.29. The second-order valence-electron chi connectivity index (χ2n) is 10.4. The van der Waals surface area contributed by atoms with E-state index in [9.17, 15) is 23.2 Å². The maximum Gasteiger partial charge on any atom is 0.354 e. The molecule has 5 rings (SSSR count). The quantitative estimate of drug-likeness (QED) is 0.213. The Morgan fingerprint density at radius 2 is 1.83 bits per heavy atom. The Kier molecular flexibility index (Phi) is 11.1. The van der Waals surface area contributed by atoms with Crippen LogP contribution >= 0.6 is 24.0 Å². The highest BCUT2D eigenvalue weighted by atomic mass is 32.2. The molecule has 2 fully saturated rings. The molecule has 0 radical (unpaired) electrons. The number of halogens is 2. The number of thiocarbonyl (C=S) groups is 1. The summed E-state index contributed by atoms with van der Waals surface area (Å²) in [5, 5.41) is 11.8. The molecule has 2 aromatic carbocycles. The van der Waals surface area contributed by atoms with Crippen LogP contribution in [0.3, 0.4) is 0 Å². The Morgan fingerprint density at radius 1 is 1.07 bits per heavy atom. The standard InChI is InChI=1S/C32H30F2N4O6S2/c33-24-3-1-22(17-25(24)34)21-2-4-27(44-14-11-37-9-12-43-13-10-37)23(16-21)18-28-30(40)38(32(45)46-28)8-6-29(39)36-19-20-5-7-35-26(15-20)31(41)42/h1-5,7,15-18H,6,8-14,19H2,(H,36,39)(H,41,42). The van der Waals surface area contributed by atoms with Crippen LogP contribution in [0.25, 0.3) is 17.2 Å². The van der Waals surface area contributed by atoms with E-state index in [1.54, 1.807) is 30.3 Å². The number of carbonyl (C=O) groups excluding carboxylic acids is 2. The Morgan fingerprint density at radius 3 is 2.59 bits per heavy atom. The first-order valence-corrected chi connectivity index (χ1v) is 15.6. The molecule has 2 saturated heterocycles. The molecule has 1 aromatic heterocycles. The number of ether oxygens (including phenoxy) is 2. The number of carboxylic acids is 1. The molecule has 0 aliphatic carbocycles. The average molecular weight is 669 g/mol. The number of hydrogen-bond donors (Lipinski definition) is 2. The maximum atomic E-state index is 14.0. The summed E-state index contributed by atoms with van der Waals surface area (Å²) in [5.41, 5.74) is 2.06. The molecule has 3 aromatic rings. The van der Waals surface area contributed by atoms with Gasteiger partial charge in [-0.3, -0.25) is 19.4 Å². The van der Waals surface area contributed by atoms with Crippen molar-refractivity contribution in [3.05, 3.63) is 88.1 Å². The van der Waals surface area contributed by atoms with Crippen molar-refractivity contribution in [2.45, 2.75) is 13.0 Å². The van der Waals surface area contributed by atoms with Crippen molar-refractivity contribution in [1.82, 2.24) is 20.1 Å². The van der Waals surface area contributed by atoms with Crippen LogP contribution in [0.1, 0.15) is 28.0 Å². The lowest BCUT2D eigenvalue weighted by Gasteiger charge is -2.26. The lowest BCUT2D eigenvalue weighted by molar-refractivity contribution is -0.123. The third-order valence-corrected chi connectivity index (χ3v) is 8.67. The first-order valence-electron chi connectivity index (χ1n) is 14.4. The van der Waals surface area contributed by atoms with Crippen molar-refractivity contribution in [3.63, 3.8) is 0 Å². The van der Waals surface area contributed by atoms with Gasteiger partial charge in [0.1, 0.15) is 22.4 Å². The summed E-state index contributed by atoms with van der Waals surface area (Å²) < 4.78 is 39.4. The van der Waals surface area contributed by atoms with Gasteiger partial charge in [0.25, 0.3) is 5.91 Å². The normalized spacial score (nSPS) is 16.2. The maximum absolute atomic E-state index is 14.0. The minimum atomic E-state index is -1.17. The molecule has 2 amide bonds. The van der Waals surface area contributed by atoms with Gasteiger partial charge in [-0.15, -0.1) is 0 Å². The van der Waals surface area contributed by atoms with Gasteiger partial charge in [-0.25, -0.2) is 18.6 Å². The van der Waals surface area contributed by atoms with Gasteiger partial charge in [-0.1, -0.05) is 36.1 Å². The van der Waals surface area contributed by atoms with Crippen LogP contribution in [0.4, 0.5) is 8.78 Å². The number of carboxylic acid groups (broad SMARTS) is 1. The molecule has 0 unspecified atom stereocenters. The predicted octanol–water partition coefficient (Wildman–Crippen LogP) is 4.34. The molecular weight excluding hydrogens is 639 g/mol. The molecule has 2 aliphatic heterocycles. The first-order chi connectivity index (χ1) is 22.2. The number of morpholine rings is 1. The first kappa shape index (κ1) is 33.1. The van der Waals surface area contributed by atoms with Gasteiger partial charge >= 0.3 is 5.97 Å². The molecule has 0 spiro atoms. The van der Waals surface area contributed by atoms with E-state index in [0.717, 1.165) is 37.0 Å². The smallest absolute Gasteiger partial charge is 0.354 e. The molecule has 3 heterocycles. The number of amides is 2. The highest BCUT2D eigenvalue weighted by Gasteiger charge is 2.32. The predicted molar refractivity (Wildman–Crippen MR) is 172 cm³/mol. The second-order valence-corrected chi connectivity index (χ2v) is 12.1. The summed E-state index contributed by atoms with van der Waals surface area (Å²) in [4.78, 5) is 44.7. The molecular formula is C32H30F2N4O6S2. The molecule has 14 heteroatoms. The number of aromatic carboxylic acids is 1. The molecule has 2 aliphatic rings. The van der Waals surface area contributed by atoms with Crippen LogP contribution in [-0.4, -0.2) is 88.0 Å². The molecule has 0 bridgehead atoms. The fraction of sp³-hybridized carbons (Fsp3) is 0.281. The van der Waals surface area contributed by atoms with Crippen molar-refractivity contribution in [1.29, 1.82) is 0 Å². The van der Waals surface area contributed by atoms with Crippen molar-refractivity contribution in [2.75, 3.05) is 46.0 Å². The van der Waals surface area contributed by atoms with Gasteiger partial charge in [-0.2, -0.15) is 0 Å². The van der Waals surface area contributed by atoms with Crippen LogP contribution in [0.2, 0.25) is 0 Å². The van der Waals surface area contributed by atoms with E-state index < -0.39 is 17.6 Å². The third kappa shape index (κ3) is 8.51. The Hall–Kier alpha value is -4.24. The molecule has 240 valence electrons. The van der Waals surface area contributed by atoms with Gasteiger partial charge in [-0.05, 0) is 59.2 Å². The van der Waals surface area contributed by atoms with Crippen molar-refractivity contribution >= 4 is 52.2 Å². The Bertz CT molecular complexity index is 1680. The van der Waals surface area contributed by atoms with E-state index in [1.165, 1.54) is 23.2 Å². The zero-order valence-corrected chi connectivity index (χ0v) is 26.2. The number of nitrogens with one attached hydrogen (secondary N) is 1. The molecule has 10 nitrogen and oxygen atoms in total. The van der Waals surface area contributed by atoms with Crippen LogP contribution in [0.15, 0.2) is 59.6 Å². The summed E-state index contributed by atoms with van der Waals surface area (Å²) in [7, 11) is 0. The zero-order chi connectivity index (χ0) is 32.6. The number of thioether (sulfide) groups is 1. The highest BCUT2D eigenvalue weighted by Crippen LogP contribution is 2.36. The number of nitrogens with zero attached hydrogens (tertiary/aromatic N) is 3. The van der Waals surface area contributed by atoms with Gasteiger partial charge in [0, 0.05) is 50.9 Å². The SMILES string of the molecule is O=C(CCN1C(=O)C(=Cc2cc(-c3ccc(F)c(F)c3)ccc2OCCN2CCOCC2)SC1=S)NCc1ccnc(C(=O)O)c1. The number of carbonyl (C=O) groups is 3. The van der Waals surface area contributed by atoms with Crippen LogP contribution in [-0.2, 0) is 20.9 Å². The van der Waals surface area contributed by atoms with Gasteiger partial charge in [0.15, 0.2) is 11.6 Å². The monoisotopic (exact) mass is 668 g/mol. The van der Waals surface area contributed by atoms with Crippen molar-refractivity contribution in [2.24, 2.45) is 0 Å². The minimum absolute atomic E-state index is 0.0297. The number of rotatable bonds is 12. The zero-order valence-electron chi connectivity index (χ0n) is 24.5. The van der Waals surface area contributed by atoms with Crippen molar-refractivity contribution < 1.29 is 37.7 Å². The summed E-state index contributed by atoms with van der Waals surface area (Å²) in [6, 6.07) is 11.8. The second kappa shape index (κ2) is 15.4. The van der Waals surface area contributed by atoms with Crippen LogP contribution in [0.5, 0.6) is 5.75 Å². The molecule has 46 heavy (non-hydrogen) atoms. The fourth-order valence-corrected chi connectivity index (χ4v) is 6.09. The number of pyridine rings is 1. The van der Waals surface area contributed by atoms with Crippen molar-refractivity contribution in [3.8, 4) is 16.9 Å². The molecule has 0 saturated carbocycles. The largest absolute Gasteiger partial charge is 0.492 e. The minimum Gasteiger partial charge on any atom is -0.492 e. The molecule has 2 N–H and O–H groups in total. The van der Waals surface area contributed by atoms with Gasteiger partial charge in [0.05, 0.1) is 18.1 Å². The van der Waals surface area contributed by atoms with E-state index >= 15 is 0 Å². The summed E-state index contributed by atoms with van der Waals surface area (Å²) in [6.45, 7) is 4.15. The van der Waals surface area contributed by atoms with E-state index in [-0.39, 0.29) is 41.3 Å². The fourth-order valence-electron chi connectivity index (χ4n) is 4.80. The lowest BCUT2D eigenvalue weighted by atomic mass is 10.0. The van der Waals surface area contributed by atoms with E-state index in [1.807, 2.05) is 0 Å².